The molecule has 1 aromatic carbocycles. The van der Waals surface area contributed by atoms with Gasteiger partial charge in [-0.05, 0) is 46.6 Å². The summed E-state index contributed by atoms with van der Waals surface area (Å²) < 4.78 is 0.679. The number of nitro benzene ring substituents is 1. The highest BCUT2D eigenvalue weighted by molar-refractivity contribution is 9.10. The molecule has 2 aromatic rings. The number of pyridine rings is 1. The quantitative estimate of drug-likeness (QED) is 0.689. The number of halogens is 1. The zero-order chi connectivity index (χ0) is 13.8. The predicted molar refractivity (Wildman–Crippen MR) is 77.1 cm³/mol. The molecule has 0 bridgehead atoms. The summed E-state index contributed by atoms with van der Waals surface area (Å²) in [7, 11) is 0. The Morgan fingerprint density at radius 3 is 2.68 bits per heavy atom. The van der Waals surface area contributed by atoms with Gasteiger partial charge in [0.15, 0.2) is 0 Å². The van der Waals surface area contributed by atoms with Crippen LogP contribution in [0.5, 0.6) is 0 Å². The lowest BCUT2D eigenvalue weighted by Gasteiger charge is -2.10. The molecule has 0 aliphatic rings. The molecule has 5 nitrogen and oxygen atoms in total. The second-order valence-corrected chi connectivity index (χ2v) is 4.94. The molecule has 0 radical (unpaired) electrons. The minimum atomic E-state index is -0.382. The molecule has 0 saturated carbocycles. The van der Waals surface area contributed by atoms with Crippen molar-refractivity contribution in [3.63, 3.8) is 0 Å². The summed E-state index contributed by atoms with van der Waals surface area (Å²) in [5.41, 5.74) is 2.67. The van der Waals surface area contributed by atoms with E-state index in [2.05, 4.69) is 26.2 Å². The molecule has 19 heavy (non-hydrogen) atoms. The summed E-state index contributed by atoms with van der Waals surface area (Å²) in [5.74, 6) is 0. The molecule has 1 N–H and O–H groups in total. The van der Waals surface area contributed by atoms with E-state index in [9.17, 15) is 10.1 Å². The highest BCUT2D eigenvalue weighted by Crippen LogP contribution is 2.30. The summed E-state index contributed by atoms with van der Waals surface area (Å²) in [6.07, 6.45) is 3.46. The molecule has 0 atom stereocenters. The van der Waals surface area contributed by atoms with E-state index in [1.165, 1.54) is 6.07 Å². The van der Waals surface area contributed by atoms with Crippen molar-refractivity contribution in [3.8, 4) is 0 Å². The molecule has 0 amide bonds. The topological polar surface area (TPSA) is 68.1 Å². The molecule has 0 unspecified atom stereocenters. The number of nitrogens with zero attached hydrogens (tertiary/aromatic N) is 2. The van der Waals surface area contributed by atoms with Crippen LogP contribution in [0, 0.1) is 17.0 Å². The van der Waals surface area contributed by atoms with Crippen LogP contribution in [0.3, 0.4) is 0 Å². The fourth-order valence-corrected chi connectivity index (χ4v) is 2.17. The van der Waals surface area contributed by atoms with Gasteiger partial charge in [0.1, 0.15) is 0 Å². The van der Waals surface area contributed by atoms with Gasteiger partial charge in [-0.1, -0.05) is 0 Å². The Morgan fingerprint density at radius 2 is 2.05 bits per heavy atom. The molecular formula is C13H12BrN3O2. The number of benzene rings is 1. The number of nitro groups is 1. The monoisotopic (exact) mass is 321 g/mol. The van der Waals surface area contributed by atoms with E-state index < -0.39 is 0 Å². The molecule has 0 spiro atoms. The minimum Gasteiger partial charge on any atom is -0.380 e. The van der Waals surface area contributed by atoms with Gasteiger partial charge in [-0.15, -0.1) is 0 Å². The standard InChI is InChI=1S/C13H12BrN3O2/c1-9-6-12(11(14)7-13(9)17(18)19)16-8-10-2-4-15-5-3-10/h2-7,16H,8H2,1H3. The van der Waals surface area contributed by atoms with E-state index in [0.29, 0.717) is 16.6 Å². The van der Waals surface area contributed by atoms with Crippen molar-refractivity contribution in [2.24, 2.45) is 0 Å². The van der Waals surface area contributed by atoms with Gasteiger partial charge in [0.25, 0.3) is 5.69 Å². The Labute approximate surface area is 119 Å². The van der Waals surface area contributed by atoms with E-state index >= 15 is 0 Å². The average Bonchev–Trinajstić information content (AvgIpc) is 2.40. The van der Waals surface area contributed by atoms with Crippen LogP contribution in [0.1, 0.15) is 11.1 Å². The number of aromatic nitrogens is 1. The molecule has 1 aromatic heterocycles. The molecule has 0 aliphatic carbocycles. The zero-order valence-electron chi connectivity index (χ0n) is 10.3. The molecule has 0 saturated heterocycles. The maximum absolute atomic E-state index is 10.8. The molecule has 6 heteroatoms. The first kappa shape index (κ1) is 13.5. The van der Waals surface area contributed by atoms with Crippen molar-refractivity contribution >= 4 is 27.3 Å². The van der Waals surface area contributed by atoms with Crippen LogP contribution in [0.25, 0.3) is 0 Å². The van der Waals surface area contributed by atoms with Crippen LogP contribution in [-0.2, 0) is 6.54 Å². The zero-order valence-corrected chi connectivity index (χ0v) is 11.8. The van der Waals surface area contributed by atoms with E-state index in [1.54, 1.807) is 25.4 Å². The second kappa shape index (κ2) is 5.79. The van der Waals surface area contributed by atoms with Gasteiger partial charge in [0.2, 0.25) is 0 Å². The Balaban J connectivity index is 2.17. The van der Waals surface area contributed by atoms with E-state index in [0.717, 1.165) is 11.3 Å². The van der Waals surface area contributed by atoms with Gasteiger partial charge >= 0.3 is 0 Å². The number of aryl methyl sites for hydroxylation is 1. The first-order chi connectivity index (χ1) is 9.08. The fourth-order valence-electron chi connectivity index (χ4n) is 1.70. The van der Waals surface area contributed by atoms with Crippen LogP contribution in [0.4, 0.5) is 11.4 Å². The molecule has 1 heterocycles. The molecule has 98 valence electrons. The Morgan fingerprint density at radius 1 is 1.37 bits per heavy atom. The first-order valence-electron chi connectivity index (χ1n) is 5.65. The van der Waals surface area contributed by atoms with E-state index in [1.807, 2.05) is 12.1 Å². The van der Waals surface area contributed by atoms with Gasteiger partial charge in [-0.25, -0.2) is 0 Å². The van der Waals surface area contributed by atoms with Crippen molar-refractivity contribution in [2.75, 3.05) is 5.32 Å². The van der Waals surface area contributed by atoms with Crippen LogP contribution >= 0.6 is 15.9 Å². The molecule has 0 fully saturated rings. The number of nitrogens with one attached hydrogen (secondary N) is 1. The van der Waals surface area contributed by atoms with Gasteiger partial charge in [-0.2, -0.15) is 0 Å². The van der Waals surface area contributed by atoms with Crippen LogP contribution < -0.4 is 5.32 Å². The van der Waals surface area contributed by atoms with Crippen molar-refractivity contribution in [3.05, 3.63) is 62.4 Å². The predicted octanol–water partition coefficient (Wildman–Crippen LogP) is 3.67. The van der Waals surface area contributed by atoms with Crippen molar-refractivity contribution in [1.29, 1.82) is 0 Å². The molecular weight excluding hydrogens is 310 g/mol. The summed E-state index contributed by atoms with van der Waals surface area (Å²) in [6, 6.07) is 7.12. The van der Waals surface area contributed by atoms with Gasteiger partial charge < -0.3 is 5.32 Å². The largest absolute Gasteiger partial charge is 0.380 e. The Kier molecular flexibility index (Phi) is 4.11. The number of hydrogen-bond acceptors (Lipinski definition) is 4. The fraction of sp³-hybridized carbons (Fsp3) is 0.154. The second-order valence-electron chi connectivity index (χ2n) is 4.08. The van der Waals surface area contributed by atoms with Crippen molar-refractivity contribution < 1.29 is 4.92 Å². The lowest BCUT2D eigenvalue weighted by Crippen LogP contribution is -2.01. The van der Waals surface area contributed by atoms with E-state index in [-0.39, 0.29) is 10.6 Å². The maximum atomic E-state index is 10.8. The van der Waals surface area contributed by atoms with Crippen LogP contribution in [0.2, 0.25) is 0 Å². The summed E-state index contributed by atoms with van der Waals surface area (Å²) >= 11 is 3.34. The lowest BCUT2D eigenvalue weighted by molar-refractivity contribution is -0.385. The van der Waals surface area contributed by atoms with Crippen LogP contribution in [0.15, 0.2) is 41.1 Å². The number of anilines is 1. The lowest BCUT2D eigenvalue weighted by atomic mass is 10.1. The highest BCUT2D eigenvalue weighted by atomic mass is 79.9. The third-order valence-corrected chi connectivity index (χ3v) is 3.37. The summed E-state index contributed by atoms with van der Waals surface area (Å²) in [6.45, 7) is 2.36. The Hall–Kier alpha value is -1.95. The maximum Gasteiger partial charge on any atom is 0.273 e. The van der Waals surface area contributed by atoms with E-state index in [4.69, 9.17) is 0 Å². The van der Waals surface area contributed by atoms with Crippen molar-refractivity contribution in [2.45, 2.75) is 13.5 Å². The third kappa shape index (κ3) is 3.29. The summed E-state index contributed by atoms with van der Waals surface area (Å²) in [4.78, 5) is 14.4. The van der Waals surface area contributed by atoms with Gasteiger partial charge in [-0.3, -0.25) is 15.1 Å². The molecule has 2 rings (SSSR count). The SMILES string of the molecule is Cc1cc(NCc2ccncc2)c(Br)cc1[N+](=O)[O-]. The first-order valence-corrected chi connectivity index (χ1v) is 6.44. The summed E-state index contributed by atoms with van der Waals surface area (Å²) in [5, 5.41) is 14.1. The Bertz CT molecular complexity index is 602. The normalized spacial score (nSPS) is 10.2. The van der Waals surface area contributed by atoms with Crippen LogP contribution in [-0.4, -0.2) is 9.91 Å². The number of rotatable bonds is 4. The van der Waals surface area contributed by atoms with Gasteiger partial charge in [0.05, 0.1) is 4.92 Å². The smallest absolute Gasteiger partial charge is 0.273 e. The van der Waals surface area contributed by atoms with Crippen molar-refractivity contribution in [1.82, 2.24) is 4.98 Å². The van der Waals surface area contributed by atoms with Gasteiger partial charge in [0, 0.05) is 40.7 Å². The number of hydrogen-bond donors (Lipinski definition) is 1. The minimum absolute atomic E-state index is 0.112. The molecule has 0 aliphatic heterocycles. The third-order valence-electron chi connectivity index (χ3n) is 2.71. The highest BCUT2D eigenvalue weighted by Gasteiger charge is 2.13. The average molecular weight is 322 g/mol.